The Balaban J connectivity index is 1.72. The van der Waals surface area contributed by atoms with Gasteiger partial charge in [0.1, 0.15) is 11.5 Å². The van der Waals surface area contributed by atoms with Gasteiger partial charge in [0.2, 0.25) is 0 Å². The Morgan fingerprint density at radius 1 is 0.613 bits per heavy atom. The van der Waals surface area contributed by atoms with Crippen molar-refractivity contribution in [2.24, 2.45) is 0 Å². The van der Waals surface area contributed by atoms with Gasteiger partial charge in [0.05, 0.1) is 0 Å². The van der Waals surface area contributed by atoms with Crippen LogP contribution in [0.1, 0.15) is 29.2 Å². The van der Waals surface area contributed by atoms with Crippen LogP contribution < -0.4 is 0 Å². The first kappa shape index (κ1) is 18.0. The molecule has 0 heterocycles. The van der Waals surface area contributed by atoms with Gasteiger partial charge in [0, 0.05) is 16.4 Å². The van der Waals surface area contributed by atoms with Crippen LogP contribution in [0.5, 0.6) is 11.5 Å². The molecule has 0 saturated carbocycles. The first-order valence-electron chi connectivity index (χ1n) is 10.6. The molecule has 1 unspecified atom stereocenters. The summed E-state index contributed by atoms with van der Waals surface area (Å²) in [7, 11) is 0. The van der Waals surface area contributed by atoms with Gasteiger partial charge in [0.15, 0.2) is 0 Å². The molecule has 5 aromatic carbocycles. The third kappa shape index (κ3) is 2.33. The molecule has 150 valence electrons. The Morgan fingerprint density at radius 2 is 1.32 bits per heavy atom. The van der Waals surface area contributed by atoms with Crippen LogP contribution in [0.25, 0.3) is 32.7 Å². The van der Waals surface area contributed by atoms with Crippen molar-refractivity contribution < 1.29 is 10.2 Å². The lowest BCUT2D eigenvalue weighted by Crippen LogP contribution is -2.22. The Hall–Kier alpha value is -3.78. The van der Waals surface area contributed by atoms with E-state index < -0.39 is 5.41 Å². The third-order valence-corrected chi connectivity index (χ3v) is 7.03. The summed E-state index contributed by atoms with van der Waals surface area (Å²) in [5.74, 6) is 0.521. The van der Waals surface area contributed by atoms with Crippen LogP contribution in [-0.4, -0.2) is 10.2 Å². The van der Waals surface area contributed by atoms with Crippen molar-refractivity contribution in [1.29, 1.82) is 0 Å². The van der Waals surface area contributed by atoms with Gasteiger partial charge in [-0.15, -0.1) is 0 Å². The van der Waals surface area contributed by atoms with Gasteiger partial charge in [-0.2, -0.15) is 0 Å². The van der Waals surface area contributed by atoms with Crippen molar-refractivity contribution in [3.63, 3.8) is 0 Å². The predicted molar refractivity (Wildman–Crippen MR) is 127 cm³/mol. The summed E-state index contributed by atoms with van der Waals surface area (Å²) >= 11 is 0. The van der Waals surface area contributed by atoms with E-state index in [0.29, 0.717) is 0 Å². The maximum atomic E-state index is 11.5. The highest BCUT2D eigenvalue weighted by Gasteiger charge is 2.42. The first-order valence-corrected chi connectivity index (χ1v) is 10.6. The zero-order valence-electron chi connectivity index (χ0n) is 17.5. The van der Waals surface area contributed by atoms with E-state index in [1.54, 1.807) is 6.07 Å². The molecule has 6 rings (SSSR count). The molecular formula is C29H22O2. The number of fused-ring (bicyclic) bond motifs is 5. The standard InChI is InChI=1S/C29H22O2/c1-17-13-22-20(16-27(17)30)11-12-25(28(22)31)29(2)24-10-6-5-9-21(24)23-14-18-7-3-4-8-19(18)15-26(23)29/h3-16,30-31H,1-2H3. The minimum atomic E-state index is -0.486. The summed E-state index contributed by atoms with van der Waals surface area (Å²) in [5, 5.41) is 25.6. The second kappa shape index (κ2) is 6.12. The van der Waals surface area contributed by atoms with E-state index in [2.05, 4.69) is 67.6 Å². The first-order chi connectivity index (χ1) is 15.0. The van der Waals surface area contributed by atoms with Crippen LogP contribution in [-0.2, 0) is 5.41 Å². The molecule has 2 N–H and O–H groups in total. The molecule has 2 nitrogen and oxygen atoms in total. The monoisotopic (exact) mass is 402 g/mol. The maximum Gasteiger partial charge on any atom is 0.127 e. The van der Waals surface area contributed by atoms with Crippen molar-refractivity contribution >= 4 is 21.5 Å². The van der Waals surface area contributed by atoms with Gasteiger partial charge in [-0.25, -0.2) is 0 Å². The highest BCUT2D eigenvalue weighted by Crippen LogP contribution is 2.55. The number of hydrogen-bond acceptors (Lipinski definition) is 2. The second-order valence-electron chi connectivity index (χ2n) is 8.74. The number of phenols is 2. The van der Waals surface area contributed by atoms with E-state index in [0.717, 1.165) is 21.9 Å². The Bertz CT molecular complexity index is 1530. The highest BCUT2D eigenvalue weighted by molar-refractivity contribution is 5.97. The van der Waals surface area contributed by atoms with Gasteiger partial charge in [-0.3, -0.25) is 0 Å². The minimum Gasteiger partial charge on any atom is -0.508 e. The van der Waals surface area contributed by atoms with E-state index in [1.807, 2.05) is 25.1 Å². The fourth-order valence-corrected chi connectivity index (χ4v) is 5.32. The molecule has 0 radical (unpaired) electrons. The van der Waals surface area contributed by atoms with Crippen molar-refractivity contribution in [3.05, 3.63) is 107 Å². The number of aryl methyl sites for hydroxylation is 1. The molecule has 31 heavy (non-hydrogen) atoms. The third-order valence-electron chi connectivity index (χ3n) is 7.03. The average molecular weight is 402 g/mol. The lowest BCUT2D eigenvalue weighted by molar-refractivity contribution is 0.464. The van der Waals surface area contributed by atoms with E-state index in [9.17, 15) is 10.2 Å². The quantitative estimate of drug-likeness (QED) is 0.315. The van der Waals surface area contributed by atoms with Crippen LogP contribution >= 0.6 is 0 Å². The summed E-state index contributed by atoms with van der Waals surface area (Å²) in [6, 6.07) is 29.1. The zero-order valence-corrected chi connectivity index (χ0v) is 17.5. The lowest BCUT2D eigenvalue weighted by atomic mass is 9.73. The van der Waals surface area contributed by atoms with Gasteiger partial charge < -0.3 is 10.2 Å². The summed E-state index contributed by atoms with van der Waals surface area (Å²) in [4.78, 5) is 0. The summed E-state index contributed by atoms with van der Waals surface area (Å²) < 4.78 is 0. The van der Waals surface area contributed by atoms with E-state index in [-0.39, 0.29) is 11.5 Å². The number of benzene rings is 5. The number of phenolic OH excluding ortho intramolecular Hbond substituents is 2. The number of aromatic hydroxyl groups is 2. The predicted octanol–water partition coefficient (Wildman–Crippen LogP) is 7.05. The Morgan fingerprint density at radius 3 is 2.13 bits per heavy atom. The van der Waals surface area contributed by atoms with Crippen LogP contribution in [0.15, 0.2) is 84.9 Å². The van der Waals surface area contributed by atoms with Crippen molar-refractivity contribution in [2.45, 2.75) is 19.3 Å². The van der Waals surface area contributed by atoms with E-state index in [4.69, 9.17) is 0 Å². The van der Waals surface area contributed by atoms with Gasteiger partial charge in [-0.1, -0.05) is 60.7 Å². The Kier molecular flexibility index (Phi) is 3.56. The lowest BCUT2D eigenvalue weighted by Gasteiger charge is -2.29. The zero-order chi connectivity index (χ0) is 21.3. The molecule has 1 atom stereocenters. The molecule has 0 spiro atoms. The van der Waals surface area contributed by atoms with Crippen molar-refractivity contribution in [2.75, 3.05) is 0 Å². The van der Waals surface area contributed by atoms with Crippen LogP contribution in [0.2, 0.25) is 0 Å². The molecule has 0 saturated heterocycles. The smallest absolute Gasteiger partial charge is 0.127 e. The van der Waals surface area contributed by atoms with Crippen molar-refractivity contribution in [1.82, 2.24) is 0 Å². The topological polar surface area (TPSA) is 40.5 Å². The Labute approximate surface area is 181 Å². The van der Waals surface area contributed by atoms with Gasteiger partial charge in [0.25, 0.3) is 0 Å². The van der Waals surface area contributed by atoms with Crippen LogP contribution in [0, 0.1) is 6.92 Å². The molecule has 0 aliphatic heterocycles. The minimum absolute atomic E-state index is 0.244. The molecule has 0 amide bonds. The molecule has 1 aliphatic rings. The maximum absolute atomic E-state index is 11.5. The second-order valence-corrected chi connectivity index (χ2v) is 8.74. The molecular weight excluding hydrogens is 380 g/mol. The number of hydrogen-bond donors (Lipinski definition) is 2. The van der Waals surface area contributed by atoms with E-state index in [1.165, 1.54) is 33.0 Å². The molecule has 0 fully saturated rings. The molecule has 2 heteroatoms. The summed E-state index contributed by atoms with van der Waals surface area (Å²) in [6.07, 6.45) is 0. The fourth-order valence-electron chi connectivity index (χ4n) is 5.32. The van der Waals surface area contributed by atoms with Crippen LogP contribution in [0.4, 0.5) is 0 Å². The van der Waals surface area contributed by atoms with Gasteiger partial charge >= 0.3 is 0 Å². The van der Waals surface area contributed by atoms with E-state index >= 15 is 0 Å². The molecule has 0 aromatic heterocycles. The highest BCUT2D eigenvalue weighted by atomic mass is 16.3. The largest absolute Gasteiger partial charge is 0.508 e. The van der Waals surface area contributed by atoms with Gasteiger partial charge in [-0.05, 0) is 82.1 Å². The average Bonchev–Trinajstić information content (AvgIpc) is 3.03. The SMILES string of the molecule is Cc1cc2c(O)c(C3(C)c4ccccc4-c4cc5ccccc5cc43)ccc2cc1O. The molecule has 5 aromatic rings. The van der Waals surface area contributed by atoms with Crippen LogP contribution in [0.3, 0.4) is 0 Å². The number of rotatable bonds is 1. The molecule has 1 aliphatic carbocycles. The normalized spacial score (nSPS) is 17.1. The molecule has 0 bridgehead atoms. The summed E-state index contributed by atoms with van der Waals surface area (Å²) in [6.45, 7) is 4.06. The summed E-state index contributed by atoms with van der Waals surface area (Å²) in [5.41, 5.74) is 5.99. The van der Waals surface area contributed by atoms with Crippen molar-refractivity contribution in [3.8, 4) is 22.6 Å². The fraction of sp³-hybridized carbons (Fsp3) is 0.103.